The monoisotopic (exact) mass is 220 g/mol. The Kier molecular flexibility index (Phi) is 3.29. The highest BCUT2D eigenvalue weighted by molar-refractivity contribution is 5.48. The third kappa shape index (κ3) is 1.97. The Morgan fingerprint density at radius 2 is 2.31 bits per heavy atom. The first kappa shape index (κ1) is 11.2. The fraction of sp³-hybridized carbons (Fsp3) is 0.583. The summed E-state index contributed by atoms with van der Waals surface area (Å²) in [6.07, 6.45) is 3.69. The lowest BCUT2D eigenvalue weighted by Gasteiger charge is -2.29. The predicted molar refractivity (Wildman–Crippen MR) is 67.3 cm³/mol. The Balaban J connectivity index is 2.27. The highest BCUT2D eigenvalue weighted by Gasteiger charge is 2.30. The molecule has 4 heteroatoms. The molecule has 16 heavy (non-hydrogen) atoms. The molecule has 0 aromatic carbocycles. The van der Waals surface area contributed by atoms with Crippen molar-refractivity contribution in [3.05, 3.63) is 18.2 Å². The number of hydrogen-bond acceptors (Lipinski definition) is 4. The summed E-state index contributed by atoms with van der Waals surface area (Å²) in [5.41, 5.74) is 2.60. The molecule has 3 N–H and O–H groups in total. The van der Waals surface area contributed by atoms with Gasteiger partial charge in [0.15, 0.2) is 0 Å². The van der Waals surface area contributed by atoms with Crippen molar-refractivity contribution in [1.82, 2.24) is 4.98 Å². The van der Waals surface area contributed by atoms with E-state index in [-0.39, 0.29) is 0 Å². The van der Waals surface area contributed by atoms with E-state index in [1.807, 2.05) is 12.1 Å². The molecular formula is C12H20N4. The number of nitrogens with zero attached hydrogens (tertiary/aromatic N) is 2. The lowest BCUT2D eigenvalue weighted by atomic mass is 10.1. The molecule has 88 valence electrons. The summed E-state index contributed by atoms with van der Waals surface area (Å²) in [7, 11) is 0. The van der Waals surface area contributed by atoms with Crippen LogP contribution in [0, 0.1) is 0 Å². The van der Waals surface area contributed by atoms with Crippen LogP contribution in [0.1, 0.15) is 33.1 Å². The minimum atomic E-state index is 0.575. The number of anilines is 2. The van der Waals surface area contributed by atoms with Gasteiger partial charge in [0.2, 0.25) is 0 Å². The molecule has 1 aliphatic rings. The molecule has 4 nitrogen and oxygen atoms in total. The first-order valence-corrected chi connectivity index (χ1v) is 5.98. The van der Waals surface area contributed by atoms with E-state index in [9.17, 15) is 0 Å². The second-order valence-electron chi connectivity index (χ2n) is 4.42. The topological polar surface area (TPSA) is 54.2 Å². The lowest BCUT2D eigenvalue weighted by molar-refractivity contribution is 0.621. The lowest BCUT2D eigenvalue weighted by Crippen LogP contribution is -2.34. The Labute approximate surface area is 96.8 Å². The number of hydrogen-bond donors (Lipinski definition) is 2. The van der Waals surface area contributed by atoms with Gasteiger partial charge in [-0.15, -0.1) is 0 Å². The Morgan fingerprint density at radius 3 is 3.00 bits per heavy atom. The third-order valence-electron chi connectivity index (χ3n) is 3.40. The van der Waals surface area contributed by atoms with Gasteiger partial charge in [-0.25, -0.2) is 10.8 Å². The molecule has 0 spiro atoms. The highest BCUT2D eigenvalue weighted by atomic mass is 15.3. The van der Waals surface area contributed by atoms with Gasteiger partial charge < -0.3 is 10.3 Å². The van der Waals surface area contributed by atoms with Crippen LogP contribution in [0.5, 0.6) is 0 Å². The normalized spacial score (nSPS) is 24.8. The summed E-state index contributed by atoms with van der Waals surface area (Å²) < 4.78 is 0. The van der Waals surface area contributed by atoms with E-state index in [2.05, 4.69) is 35.2 Å². The summed E-state index contributed by atoms with van der Waals surface area (Å²) in [4.78, 5) is 6.93. The molecule has 0 amide bonds. The van der Waals surface area contributed by atoms with Crippen LogP contribution in [0.25, 0.3) is 0 Å². The maximum Gasteiger partial charge on any atom is 0.142 e. The van der Waals surface area contributed by atoms with Gasteiger partial charge in [-0.1, -0.05) is 13.0 Å². The minimum absolute atomic E-state index is 0.575. The zero-order chi connectivity index (χ0) is 11.5. The van der Waals surface area contributed by atoms with E-state index in [1.54, 1.807) is 0 Å². The maximum absolute atomic E-state index is 5.39. The standard InChI is InChI=1S/C12H20N4/c1-3-10-8-7-9(2)16(10)12-6-4-5-11(14-12)15-13/h4-6,9-10H,3,7-8,13H2,1-2H3,(H,14,15). The van der Waals surface area contributed by atoms with Crippen LogP contribution < -0.4 is 16.2 Å². The van der Waals surface area contributed by atoms with Crippen LogP contribution in [-0.4, -0.2) is 17.1 Å². The second kappa shape index (κ2) is 4.70. The van der Waals surface area contributed by atoms with Gasteiger partial charge in [0.05, 0.1) is 0 Å². The molecule has 2 unspecified atom stereocenters. The molecule has 1 aromatic heterocycles. The molecule has 0 saturated carbocycles. The molecule has 2 heterocycles. The summed E-state index contributed by atoms with van der Waals surface area (Å²) >= 11 is 0. The fourth-order valence-corrected chi connectivity index (χ4v) is 2.53. The highest BCUT2D eigenvalue weighted by Crippen LogP contribution is 2.30. The average Bonchev–Trinajstić information content (AvgIpc) is 2.70. The summed E-state index contributed by atoms with van der Waals surface area (Å²) in [6.45, 7) is 4.50. The first-order valence-electron chi connectivity index (χ1n) is 5.98. The van der Waals surface area contributed by atoms with Crippen molar-refractivity contribution in [2.75, 3.05) is 10.3 Å². The first-order chi connectivity index (χ1) is 7.76. The van der Waals surface area contributed by atoms with Crippen LogP contribution in [0.4, 0.5) is 11.6 Å². The van der Waals surface area contributed by atoms with Gasteiger partial charge >= 0.3 is 0 Å². The van der Waals surface area contributed by atoms with Crippen molar-refractivity contribution >= 4 is 11.6 Å². The fourth-order valence-electron chi connectivity index (χ4n) is 2.53. The van der Waals surface area contributed by atoms with E-state index in [0.29, 0.717) is 12.1 Å². The van der Waals surface area contributed by atoms with Gasteiger partial charge in [0, 0.05) is 12.1 Å². The number of nitrogens with two attached hydrogens (primary N) is 1. The van der Waals surface area contributed by atoms with Gasteiger partial charge in [0.1, 0.15) is 11.6 Å². The molecule has 0 aliphatic carbocycles. The van der Waals surface area contributed by atoms with Crippen LogP contribution in [0.15, 0.2) is 18.2 Å². The van der Waals surface area contributed by atoms with Crippen LogP contribution in [0.2, 0.25) is 0 Å². The van der Waals surface area contributed by atoms with Crippen molar-refractivity contribution in [3.8, 4) is 0 Å². The Morgan fingerprint density at radius 1 is 1.50 bits per heavy atom. The molecule has 1 aliphatic heterocycles. The number of hydrazine groups is 1. The van der Waals surface area contributed by atoms with E-state index >= 15 is 0 Å². The molecule has 2 atom stereocenters. The molecule has 1 fully saturated rings. The summed E-state index contributed by atoms with van der Waals surface area (Å²) in [6, 6.07) is 7.13. The smallest absolute Gasteiger partial charge is 0.142 e. The number of pyridine rings is 1. The summed E-state index contributed by atoms with van der Waals surface area (Å²) in [5, 5.41) is 0. The quantitative estimate of drug-likeness (QED) is 0.605. The van der Waals surface area contributed by atoms with Crippen molar-refractivity contribution in [3.63, 3.8) is 0 Å². The van der Waals surface area contributed by atoms with Crippen molar-refractivity contribution in [2.45, 2.75) is 45.2 Å². The van der Waals surface area contributed by atoms with Gasteiger partial charge in [0.25, 0.3) is 0 Å². The van der Waals surface area contributed by atoms with E-state index < -0.39 is 0 Å². The van der Waals surface area contributed by atoms with Crippen molar-refractivity contribution in [1.29, 1.82) is 0 Å². The van der Waals surface area contributed by atoms with Gasteiger partial charge in [-0.2, -0.15) is 0 Å². The Bertz CT molecular complexity index is 353. The zero-order valence-corrected chi connectivity index (χ0v) is 9.98. The zero-order valence-electron chi connectivity index (χ0n) is 9.98. The van der Waals surface area contributed by atoms with Crippen LogP contribution in [-0.2, 0) is 0 Å². The maximum atomic E-state index is 5.39. The van der Waals surface area contributed by atoms with Crippen molar-refractivity contribution < 1.29 is 0 Å². The SMILES string of the molecule is CCC1CCC(C)N1c1cccc(NN)n1. The van der Waals surface area contributed by atoms with Gasteiger partial charge in [-0.3, -0.25) is 0 Å². The average molecular weight is 220 g/mol. The predicted octanol–water partition coefficient (Wildman–Crippen LogP) is 2.13. The van der Waals surface area contributed by atoms with Crippen molar-refractivity contribution in [2.24, 2.45) is 5.84 Å². The van der Waals surface area contributed by atoms with Crippen LogP contribution in [0.3, 0.4) is 0 Å². The number of rotatable bonds is 3. The number of nitrogens with one attached hydrogen (secondary N) is 1. The minimum Gasteiger partial charge on any atom is -0.351 e. The number of aromatic nitrogens is 1. The second-order valence-corrected chi connectivity index (χ2v) is 4.42. The van der Waals surface area contributed by atoms with E-state index in [4.69, 9.17) is 5.84 Å². The van der Waals surface area contributed by atoms with E-state index in [1.165, 1.54) is 19.3 Å². The molecular weight excluding hydrogens is 200 g/mol. The van der Waals surface area contributed by atoms with E-state index in [0.717, 1.165) is 11.6 Å². The Hall–Kier alpha value is -1.29. The number of nitrogen functional groups attached to an aromatic ring is 1. The summed E-state index contributed by atoms with van der Waals surface area (Å²) in [5.74, 6) is 7.15. The largest absolute Gasteiger partial charge is 0.351 e. The third-order valence-corrected chi connectivity index (χ3v) is 3.40. The molecule has 1 saturated heterocycles. The molecule has 0 bridgehead atoms. The van der Waals surface area contributed by atoms with Gasteiger partial charge in [-0.05, 0) is 38.3 Å². The molecule has 0 radical (unpaired) electrons. The molecule has 1 aromatic rings. The molecule has 2 rings (SSSR count). The van der Waals surface area contributed by atoms with Crippen LogP contribution >= 0.6 is 0 Å².